The molecule has 0 saturated carbocycles. The second-order valence-electron chi connectivity index (χ2n) is 8.54. The van der Waals surface area contributed by atoms with Gasteiger partial charge in [0.1, 0.15) is 5.82 Å². The van der Waals surface area contributed by atoms with Crippen molar-refractivity contribution in [2.75, 3.05) is 18.0 Å². The Morgan fingerprint density at radius 2 is 2.00 bits per heavy atom. The summed E-state index contributed by atoms with van der Waals surface area (Å²) in [5, 5.41) is 0. The first-order valence-electron chi connectivity index (χ1n) is 10.7. The van der Waals surface area contributed by atoms with Gasteiger partial charge >= 0.3 is 0 Å². The molecule has 0 N–H and O–H groups in total. The molecular weight excluding hydrogens is 397 g/mol. The minimum atomic E-state index is -0.184. The Morgan fingerprint density at radius 1 is 1.13 bits per heavy atom. The van der Waals surface area contributed by atoms with Crippen molar-refractivity contribution in [1.29, 1.82) is 0 Å². The molecule has 3 aromatic rings. The van der Waals surface area contributed by atoms with Gasteiger partial charge < -0.3 is 9.80 Å². The lowest BCUT2D eigenvalue weighted by molar-refractivity contribution is -0.132. The van der Waals surface area contributed by atoms with Crippen LogP contribution in [0.5, 0.6) is 0 Å². The maximum atomic E-state index is 14.3. The molecule has 0 radical (unpaired) electrons. The van der Waals surface area contributed by atoms with Gasteiger partial charge in [0.2, 0.25) is 5.91 Å². The van der Waals surface area contributed by atoms with Gasteiger partial charge in [-0.3, -0.25) is 4.79 Å². The van der Waals surface area contributed by atoms with E-state index >= 15 is 0 Å². The van der Waals surface area contributed by atoms with Gasteiger partial charge in [0.15, 0.2) is 0 Å². The molecule has 1 amide bonds. The molecule has 3 heterocycles. The van der Waals surface area contributed by atoms with E-state index in [2.05, 4.69) is 39.9 Å². The maximum Gasteiger partial charge on any atom is 0.226 e. The van der Waals surface area contributed by atoms with Crippen molar-refractivity contribution in [3.05, 3.63) is 59.4 Å². The number of hydrogen-bond acceptors (Lipinski definition) is 4. The molecule has 3 unspecified atom stereocenters. The molecule has 2 aliphatic heterocycles. The van der Waals surface area contributed by atoms with Crippen LogP contribution in [-0.4, -0.2) is 41.0 Å². The van der Waals surface area contributed by atoms with E-state index in [-0.39, 0.29) is 29.7 Å². The number of aromatic nitrogens is 1. The summed E-state index contributed by atoms with van der Waals surface area (Å²) >= 11 is 1.69. The highest BCUT2D eigenvalue weighted by molar-refractivity contribution is 7.16. The fourth-order valence-electron chi connectivity index (χ4n) is 5.12. The van der Waals surface area contributed by atoms with Gasteiger partial charge in [-0.05, 0) is 56.4 Å². The highest BCUT2D eigenvalue weighted by atomic mass is 32.1. The SMILES string of the molecule is CC1CN2C(=O)C(CCCc3cccc4ncsc34)CC2CN1c1ccccc1F. The second-order valence-corrected chi connectivity index (χ2v) is 9.39. The van der Waals surface area contributed by atoms with Crippen molar-refractivity contribution in [2.45, 2.75) is 44.7 Å². The average molecular weight is 424 g/mol. The third-order valence-electron chi connectivity index (χ3n) is 6.63. The highest BCUT2D eigenvalue weighted by Gasteiger charge is 2.44. The van der Waals surface area contributed by atoms with Gasteiger partial charge in [0.05, 0.1) is 27.5 Å². The number of carbonyl (C=O) groups is 1. The van der Waals surface area contributed by atoms with Crippen LogP contribution >= 0.6 is 11.3 Å². The molecule has 2 aliphatic rings. The van der Waals surface area contributed by atoms with Gasteiger partial charge in [0.25, 0.3) is 0 Å². The van der Waals surface area contributed by atoms with E-state index in [9.17, 15) is 9.18 Å². The van der Waals surface area contributed by atoms with Crippen molar-refractivity contribution in [3.63, 3.8) is 0 Å². The van der Waals surface area contributed by atoms with Crippen molar-refractivity contribution in [2.24, 2.45) is 5.92 Å². The number of amides is 1. The summed E-state index contributed by atoms with van der Waals surface area (Å²) < 4.78 is 15.6. The van der Waals surface area contributed by atoms with Crippen LogP contribution in [0.3, 0.4) is 0 Å². The lowest BCUT2D eigenvalue weighted by Crippen LogP contribution is -2.56. The van der Waals surface area contributed by atoms with Gasteiger partial charge in [-0.2, -0.15) is 0 Å². The first-order chi connectivity index (χ1) is 14.6. The molecule has 0 bridgehead atoms. The minimum absolute atomic E-state index is 0.0865. The lowest BCUT2D eigenvalue weighted by Gasteiger charge is -2.43. The van der Waals surface area contributed by atoms with E-state index in [0.717, 1.165) is 31.2 Å². The monoisotopic (exact) mass is 423 g/mol. The third-order valence-corrected chi connectivity index (χ3v) is 7.55. The number of rotatable bonds is 5. The van der Waals surface area contributed by atoms with Crippen LogP contribution in [0.1, 0.15) is 31.7 Å². The Morgan fingerprint density at radius 3 is 2.87 bits per heavy atom. The first kappa shape index (κ1) is 19.5. The number of piperazine rings is 1. The topological polar surface area (TPSA) is 36.4 Å². The Bertz CT molecular complexity index is 1070. The third kappa shape index (κ3) is 3.47. The predicted octanol–water partition coefficient (Wildman–Crippen LogP) is 4.88. The van der Waals surface area contributed by atoms with E-state index in [1.54, 1.807) is 17.4 Å². The molecular formula is C24H26FN3OS. The van der Waals surface area contributed by atoms with E-state index in [1.807, 2.05) is 17.6 Å². The number of thiazole rings is 1. The fraction of sp³-hybridized carbons (Fsp3) is 0.417. The molecule has 156 valence electrons. The molecule has 0 spiro atoms. The van der Waals surface area contributed by atoms with Crippen molar-refractivity contribution in [3.8, 4) is 0 Å². The van der Waals surface area contributed by atoms with Crippen LogP contribution in [0.15, 0.2) is 48.0 Å². The number of para-hydroxylation sites is 1. The average Bonchev–Trinajstić information content (AvgIpc) is 3.34. The van der Waals surface area contributed by atoms with Gasteiger partial charge in [-0.25, -0.2) is 9.37 Å². The summed E-state index contributed by atoms with van der Waals surface area (Å²) in [5.41, 5.74) is 4.94. The Balaban J connectivity index is 1.23. The largest absolute Gasteiger partial charge is 0.363 e. The molecule has 4 nitrogen and oxygen atoms in total. The Kier molecular flexibility index (Phi) is 5.19. The number of fused-ring (bicyclic) bond motifs is 2. The number of anilines is 1. The van der Waals surface area contributed by atoms with E-state index in [0.29, 0.717) is 18.8 Å². The summed E-state index contributed by atoms with van der Waals surface area (Å²) in [7, 11) is 0. The number of hydrogen-bond donors (Lipinski definition) is 0. The van der Waals surface area contributed by atoms with Crippen molar-refractivity contribution >= 4 is 33.1 Å². The van der Waals surface area contributed by atoms with Gasteiger partial charge in [-0.15, -0.1) is 11.3 Å². The van der Waals surface area contributed by atoms with Crippen LogP contribution < -0.4 is 4.90 Å². The van der Waals surface area contributed by atoms with Gasteiger partial charge in [0, 0.05) is 25.0 Å². The van der Waals surface area contributed by atoms with Crippen molar-refractivity contribution < 1.29 is 9.18 Å². The summed E-state index contributed by atoms with van der Waals surface area (Å²) in [4.78, 5) is 21.6. The smallest absolute Gasteiger partial charge is 0.226 e. The Labute approximate surface area is 180 Å². The number of nitrogens with zero attached hydrogens (tertiary/aromatic N) is 3. The van der Waals surface area contributed by atoms with Gasteiger partial charge in [-0.1, -0.05) is 24.3 Å². The zero-order valence-electron chi connectivity index (χ0n) is 17.1. The van der Waals surface area contributed by atoms with Crippen LogP contribution in [0, 0.1) is 11.7 Å². The normalized spacial score (nSPS) is 23.9. The molecule has 2 fully saturated rings. The molecule has 30 heavy (non-hydrogen) atoms. The van der Waals surface area contributed by atoms with E-state index in [4.69, 9.17) is 0 Å². The maximum absolute atomic E-state index is 14.3. The van der Waals surface area contributed by atoms with Crippen LogP contribution in [0.2, 0.25) is 0 Å². The minimum Gasteiger partial charge on any atom is -0.363 e. The molecule has 0 aliphatic carbocycles. The number of carbonyl (C=O) groups excluding carboxylic acids is 1. The molecule has 2 saturated heterocycles. The molecule has 2 aromatic carbocycles. The zero-order valence-corrected chi connectivity index (χ0v) is 17.9. The van der Waals surface area contributed by atoms with Crippen molar-refractivity contribution in [1.82, 2.24) is 9.88 Å². The summed E-state index contributed by atoms with van der Waals surface area (Å²) in [6, 6.07) is 13.6. The summed E-state index contributed by atoms with van der Waals surface area (Å²) in [5.74, 6) is 0.190. The standard InChI is InChI=1S/C24H26FN3OS/c1-16-13-28-19(14-27(16)22-11-3-2-9-20(22)25)12-18(24(28)29)8-4-6-17-7-5-10-21-23(17)30-15-26-21/h2-3,5,7,9-11,15-16,18-19H,4,6,8,12-14H2,1H3. The highest BCUT2D eigenvalue weighted by Crippen LogP contribution is 2.35. The number of benzene rings is 2. The van der Waals surface area contributed by atoms with Crippen LogP contribution in [0.25, 0.3) is 10.2 Å². The summed E-state index contributed by atoms with van der Waals surface area (Å²) in [6.07, 6.45) is 3.77. The second kappa shape index (κ2) is 7.99. The first-order valence-corrected chi connectivity index (χ1v) is 11.6. The fourth-order valence-corrected chi connectivity index (χ4v) is 5.95. The van der Waals surface area contributed by atoms with Crippen LogP contribution in [-0.2, 0) is 11.2 Å². The molecule has 5 rings (SSSR count). The number of aryl methyl sites for hydroxylation is 1. The molecule has 1 aromatic heterocycles. The predicted molar refractivity (Wildman–Crippen MR) is 119 cm³/mol. The molecule has 3 atom stereocenters. The Hall–Kier alpha value is -2.47. The number of halogens is 1. The zero-order chi connectivity index (χ0) is 20.7. The summed E-state index contributed by atoms with van der Waals surface area (Å²) in [6.45, 7) is 3.47. The van der Waals surface area contributed by atoms with E-state index in [1.165, 1.54) is 16.3 Å². The van der Waals surface area contributed by atoms with E-state index < -0.39 is 0 Å². The van der Waals surface area contributed by atoms with Crippen LogP contribution in [0.4, 0.5) is 10.1 Å². The molecule has 6 heteroatoms. The quantitative estimate of drug-likeness (QED) is 0.587. The lowest BCUT2D eigenvalue weighted by atomic mass is 9.96.